The van der Waals surface area contributed by atoms with Gasteiger partial charge >= 0.3 is 0 Å². The van der Waals surface area contributed by atoms with Gasteiger partial charge in [0.05, 0.1) is 15.7 Å². The monoisotopic (exact) mass is 442 g/mol. The van der Waals surface area contributed by atoms with E-state index in [1.807, 2.05) is 5.38 Å². The zero-order chi connectivity index (χ0) is 18.8. The first-order chi connectivity index (χ1) is 12.8. The van der Waals surface area contributed by atoms with E-state index in [0.29, 0.717) is 5.13 Å². The van der Waals surface area contributed by atoms with Gasteiger partial charge in [-0.1, -0.05) is 29.3 Å². The highest BCUT2D eigenvalue weighted by Gasteiger charge is 2.52. The van der Waals surface area contributed by atoms with Crippen molar-refractivity contribution in [3.8, 4) is 0 Å². The summed E-state index contributed by atoms with van der Waals surface area (Å²) < 4.78 is 28.2. The largest absolute Gasteiger partial charge is 0.266 e. The van der Waals surface area contributed by atoms with Gasteiger partial charge in [0.2, 0.25) is 0 Å². The fourth-order valence-corrected chi connectivity index (χ4v) is 9.13. The lowest BCUT2D eigenvalue weighted by Crippen LogP contribution is -2.48. The third-order valence-corrected chi connectivity index (χ3v) is 9.68. The van der Waals surface area contributed by atoms with E-state index in [-0.39, 0.29) is 20.4 Å². The molecule has 0 saturated heterocycles. The van der Waals surface area contributed by atoms with Gasteiger partial charge in [-0.15, -0.1) is 11.3 Å². The molecule has 4 nitrogen and oxygen atoms in total. The topological polar surface area (TPSA) is 59.1 Å². The molecular weight excluding hydrogens is 423 g/mol. The summed E-state index contributed by atoms with van der Waals surface area (Å²) in [4.78, 5) is 4.62. The Balaban J connectivity index is 1.43. The number of nitrogens with zero attached hydrogens (tertiary/aromatic N) is 1. The molecule has 0 atom stereocenters. The molecule has 1 N–H and O–H groups in total. The van der Waals surface area contributed by atoms with E-state index >= 15 is 0 Å². The van der Waals surface area contributed by atoms with E-state index in [2.05, 4.69) is 4.72 Å². The average molecular weight is 443 g/mol. The van der Waals surface area contributed by atoms with Crippen LogP contribution in [0.15, 0.2) is 28.5 Å². The van der Waals surface area contributed by atoms with Gasteiger partial charge in [-0.25, -0.2) is 13.4 Å². The van der Waals surface area contributed by atoms with Gasteiger partial charge in [0.1, 0.15) is 4.90 Å². The molecular formula is C19H20Cl2N2O2S2. The van der Waals surface area contributed by atoms with Crippen LogP contribution in [-0.2, 0) is 15.4 Å². The van der Waals surface area contributed by atoms with Gasteiger partial charge in [-0.2, -0.15) is 0 Å². The number of hydrogen-bond donors (Lipinski definition) is 1. The number of aromatic nitrogens is 1. The van der Waals surface area contributed by atoms with Crippen molar-refractivity contribution in [2.75, 3.05) is 4.72 Å². The predicted molar refractivity (Wildman–Crippen MR) is 109 cm³/mol. The van der Waals surface area contributed by atoms with Gasteiger partial charge in [0.25, 0.3) is 10.0 Å². The van der Waals surface area contributed by atoms with Crippen molar-refractivity contribution in [1.82, 2.24) is 4.98 Å². The van der Waals surface area contributed by atoms with E-state index in [1.165, 1.54) is 62.0 Å². The van der Waals surface area contributed by atoms with Crippen molar-refractivity contribution >= 4 is 49.7 Å². The molecule has 4 fully saturated rings. The predicted octanol–water partition coefficient (Wildman–Crippen LogP) is 5.72. The van der Waals surface area contributed by atoms with Crippen LogP contribution >= 0.6 is 34.5 Å². The van der Waals surface area contributed by atoms with Crippen LogP contribution in [0.25, 0.3) is 0 Å². The second-order valence-corrected chi connectivity index (χ2v) is 11.7. The molecule has 144 valence electrons. The van der Waals surface area contributed by atoms with Crippen LogP contribution in [0.1, 0.15) is 44.2 Å². The molecule has 2 aromatic rings. The fourth-order valence-electron chi connectivity index (χ4n) is 5.89. The summed E-state index contributed by atoms with van der Waals surface area (Å²) in [6.07, 6.45) is 7.71. The van der Waals surface area contributed by atoms with Crippen molar-refractivity contribution in [2.45, 2.75) is 48.8 Å². The zero-order valence-electron chi connectivity index (χ0n) is 14.6. The molecule has 0 aliphatic heterocycles. The summed E-state index contributed by atoms with van der Waals surface area (Å²) in [6, 6.07) is 4.66. The highest BCUT2D eigenvalue weighted by Crippen LogP contribution is 2.60. The minimum Gasteiger partial charge on any atom is -0.255 e. The molecule has 1 aromatic heterocycles. The number of nitrogens with one attached hydrogen (secondary N) is 1. The highest BCUT2D eigenvalue weighted by atomic mass is 35.5. The maximum Gasteiger partial charge on any atom is 0.266 e. The molecule has 4 saturated carbocycles. The molecule has 1 aromatic carbocycles. The Bertz CT molecular complexity index is 947. The minimum absolute atomic E-state index is 0.0973. The molecule has 0 spiro atoms. The molecule has 6 rings (SSSR count). The molecule has 4 aliphatic carbocycles. The van der Waals surface area contributed by atoms with E-state index in [4.69, 9.17) is 28.2 Å². The highest BCUT2D eigenvalue weighted by molar-refractivity contribution is 7.93. The average Bonchev–Trinajstić information content (AvgIpc) is 3.01. The maximum atomic E-state index is 12.8. The zero-order valence-corrected chi connectivity index (χ0v) is 17.8. The van der Waals surface area contributed by atoms with E-state index in [1.54, 1.807) is 6.07 Å². The van der Waals surface area contributed by atoms with Crippen molar-refractivity contribution in [3.63, 3.8) is 0 Å². The van der Waals surface area contributed by atoms with Gasteiger partial charge in [-0.05, 0) is 68.4 Å². The lowest BCUT2D eigenvalue weighted by Gasteiger charge is -2.56. The third kappa shape index (κ3) is 3.09. The van der Waals surface area contributed by atoms with Crippen LogP contribution in [0.3, 0.4) is 0 Å². The van der Waals surface area contributed by atoms with Crippen LogP contribution in [0.4, 0.5) is 5.13 Å². The number of halogens is 2. The number of anilines is 1. The smallest absolute Gasteiger partial charge is 0.255 e. The normalized spacial score (nSPS) is 32.0. The van der Waals surface area contributed by atoms with E-state index < -0.39 is 10.0 Å². The van der Waals surface area contributed by atoms with Gasteiger partial charge in [0.15, 0.2) is 5.13 Å². The van der Waals surface area contributed by atoms with Crippen LogP contribution in [0.5, 0.6) is 0 Å². The number of benzene rings is 1. The first-order valence-electron chi connectivity index (χ1n) is 9.27. The Labute approximate surface area is 173 Å². The van der Waals surface area contributed by atoms with Crippen molar-refractivity contribution < 1.29 is 8.42 Å². The molecule has 1 heterocycles. The van der Waals surface area contributed by atoms with Gasteiger partial charge < -0.3 is 0 Å². The maximum absolute atomic E-state index is 12.8. The third-order valence-electron chi connectivity index (χ3n) is 6.50. The first kappa shape index (κ1) is 18.2. The molecule has 0 radical (unpaired) electrons. The number of hydrogen-bond acceptors (Lipinski definition) is 4. The summed E-state index contributed by atoms with van der Waals surface area (Å²) in [5.41, 5.74) is 1.21. The Morgan fingerprint density at radius 2 is 1.59 bits per heavy atom. The molecule has 4 aliphatic rings. The summed E-state index contributed by atoms with van der Waals surface area (Å²) in [6.45, 7) is 0. The quantitative estimate of drug-likeness (QED) is 0.658. The lowest BCUT2D eigenvalue weighted by molar-refractivity contribution is -0.00688. The Hall–Kier alpha value is -0.820. The van der Waals surface area contributed by atoms with Crippen LogP contribution in [0, 0.1) is 17.8 Å². The van der Waals surface area contributed by atoms with E-state index in [9.17, 15) is 8.42 Å². The first-order valence-corrected chi connectivity index (χ1v) is 12.4. The van der Waals surface area contributed by atoms with Crippen LogP contribution in [0.2, 0.25) is 10.0 Å². The van der Waals surface area contributed by atoms with Crippen LogP contribution < -0.4 is 4.72 Å². The molecule has 8 heteroatoms. The van der Waals surface area contributed by atoms with E-state index in [0.717, 1.165) is 23.4 Å². The van der Waals surface area contributed by atoms with Gasteiger partial charge in [0, 0.05) is 10.8 Å². The minimum atomic E-state index is -3.88. The summed E-state index contributed by atoms with van der Waals surface area (Å²) >= 11 is 13.5. The summed E-state index contributed by atoms with van der Waals surface area (Å²) in [5.74, 6) is 2.46. The van der Waals surface area contributed by atoms with Crippen molar-refractivity contribution in [2.24, 2.45) is 17.8 Å². The lowest BCUT2D eigenvalue weighted by atomic mass is 9.49. The summed E-state index contributed by atoms with van der Waals surface area (Å²) in [5, 5.41) is 2.64. The Morgan fingerprint density at radius 3 is 2.15 bits per heavy atom. The number of rotatable bonds is 4. The second-order valence-electron chi connectivity index (χ2n) is 8.39. The fraction of sp³-hybridized carbons (Fsp3) is 0.526. The standard InChI is InChI=1S/C19H20Cl2N2O2S2/c20-14-2-1-3-15(21)17(14)27(24,25)23-18-22-16(10-26-18)19-7-11-4-12(8-19)6-13(5-11)9-19/h1-3,10-13H,4-9H2,(H,22,23). The summed E-state index contributed by atoms with van der Waals surface area (Å²) in [7, 11) is -3.88. The SMILES string of the molecule is O=S(=O)(Nc1nc(C23CC4CC(CC(C4)C2)C3)cs1)c1c(Cl)cccc1Cl. The Kier molecular flexibility index (Phi) is 4.28. The molecule has 0 unspecified atom stereocenters. The van der Waals surface area contributed by atoms with Gasteiger partial charge in [-0.3, -0.25) is 4.72 Å². The molecule has 4 bridgehead atoms. The molecule has 27 heavy (non-hydrogen) atoms. The molecule has 0 amide bonds. The number of sulfonamides is 1. The van der Waals surface area contributed by atoms with Crippen molar-refractivity contribution in [1.29, 1.82) is 0 Å². The second kappa shape index (κ2) is 6.34. The van der Waals surface area contributed by atoms with Crippen molar-refractivity contribution in [3.05, 3.63) is 39.3 Å². The van der Waals surface area contributed by atoms with Crippen LogP contribution in [-0.4, -0.2) is 13.4 Å². The Morgan fingerprint density at radius 1 is 1.04 bits per heavy atom. The number of thiazole rings is 1.